The average molecular weight is 444 g/mol. The van der Waals surface area contributed by atoms with Gasteiger partial charge in [-0.15, -0.1) is 11.3 Å². The Morgan fingerprint density at radius 2 is 2.13 bits per heavy atom. The van der Waals surface area contributed by atoms with Crippen LogP contribution in [-0.2, 0) is 29.8 Å². The zero-order valence-corrected chi connectivity index (χ0v) is 18.6. The number of aryl methyl sites for hydroxylation is 2. The molecule has 6 nitrogen and oxygen atoms in total. The van der Waals surface area contributed by atoms with Crippen LogP contribution in [0, 0.1) is 0 Å². The van der Waals surface area contributed by atoms with Gasteiger partial charge in [-0.25, -0.2) is 4.98 Å². The molecule has 158 valence electrons. The lowest BCUT2D eigenvalue weighted by atomic mass is 10.1. The van der Waals surface area contributed by atoms with Crippen LogP contribution in [0.2, 0.25) is 0 Å². The van der Waals surface area contributed by atoms with Crippen LogP contribution in [0.1, 0.15) is 34.7 Å². The predicted molar refractivity (Wildman–Crippen MR) is 123 cm³/mol. The molecule has 2 aromatic heterocycles. The molecule has 0 radical (unpaired) electrons. The van der Waals surface area contributed by atoms with Gasteiger partial charge >= 0.3 is 0 Å². The van der Waals surface area contributed by atoms with Gasteiger partial charge in [0.1, 0.15) is 16.4 Å². The van der Waals surface area contributed by atoms with E-state index < -0.39 is 0 Å². The monoisotopic (exact) mass is 443 g/mol. The van der Waals surface area contributed by atoms with E-state index in [1.807, 2.05) is 24.3 Å². The molecule has 0 saturated carbocycles. The van der Waals surface area contributed by atoms with Gasteiger partial charge in [0, 0.05) is 23.6 Å². The van der Waals surface area contributed by atoms with Crippen LogP contribution in [0.25, 0.3) is 10.2 Å². The number of aromatic amines is 1. The summed E-state index contributed by atoms with van der Waals surface area (Å²) < 4.78 is 5.14. The third-order valence-corrected chi connectivity index (χ3v) is 7.39. The van der Waals surface area contributed by atoms with Gasteiger partial charge in [0.25, 0.3) is 5.56 Å². The molecule has 0 spiro atoms. The van der Waals surface area contributed by atoms with Gasteiger partial charge in [-0.05, 0) is 48.9 Å². The molecule has 30 heavy (non-hydrogen) atoms. The van der Waals surface area contributed by atoms with E-state index in [-0.39, 0.29) is 11.5 Å². The summed E-state index contributed by atoms with van der Waals surface area (Å²) in [4.78, 5) is 34.2. The molecular weight excluding hydrogens is 418 g/mol. The first kappa shape index (κ1) is 20.9. The van der Waals surface area contributed by atoms with E-state index in [0.29, 0.717) is 30.3 Å². The molecule has 3 aromatic rings. The minimum atomic E-state index is -0.0220. The van der Waals surface area contributed by atoms with E-state index in [4.69, 9.17) is 4.74 Å². The Bertz CT molecular complexity index is 1090. The average Bonchev–Trinajstić information content (AvgIpc) is 3.32. The van der Waals surface area contributed by atoms with Crippen LogP contribution in [0.4, 0.5) is 0 Å². The molecule has 1 aromatic carbocycles. The molecule has 1 aliphatic rings. The SMILES string of the molecule is COc1ccc(CCNC(=O)CCSCc2nc3sc4c(c3c(=O)[nH]2)CCC4)cc1. The van der Waals surface area contributed by atoms with Crippen molar-refractivity contribution < 1.29 is 9.53 Å². The number of benzene rings is 1. The summed E-state index contributed by atoms with van der Waals surface area (Å²) in [5.41, 5.74) is 2.34. The highest BCUT2D eigenvalue weighted by molar-refractivity contribution is 7.98. The number of fused-ring (bicyclic) bond motifs is 3. The fraction of sp³-hybridized carbons (Fsp3) is 0.409. The number of nitrogens with one attached hydrogen (secondary N) is 2. The van der Waals surface area contributed by atoms with E-state index in [1.165, 1.54) is 10.4 Å². The van der Waals surface area contributed by atoms with E-state index in [2.05, 4.69) is 15.3 Å². The van der Waals surface area contributed by atoms with E-state index in [0.717, 1.165) is 47.2 Å². The number of amides is 1. The standard InChI is InChI=1S/C22H25N3O3S2/c1-28-15-7-5-14(6-8-15)9-11-23-19(26)10-12-29-13-18-24-21(27)20-16-3-2-4-17(16)30-22(20)25-18/h5-8H,2-4,9-13H2,1H3,(H,23,26)(H,24,25,27). The lowest BCUT2D eigenvalue weighted by Gasteiger charge is -2.06. The molecule has 1 amide bonds. The number of ether oxygens (including phenoxy) is 1. The van der Waals surface area contributed by atoms with Crippen LogP contribution in [0.3, 0.4) is 0 Å². The number of carbonyl (C=O) groups is 1. The highest BCUT2D eigenvalue weighted by Gasteiger charge is 2.21. The summed E-state index contributed by atoms with van der Waals surface area (Å²) in [6.45, 7) is 0.615. The van der Waals surface area contributed by atoms with Crippen LogP contribution in [0.5, 0.6) is 5.75 Å². The first-order valence-electron chi connectivity index (χ1n) is 10.1. The van der Waals surface area contributed by atoms with Gasteiger partial charge in [-0.3, -0.25) is 9.59 Å². The quantitative estimate of drug-likeness (QED) is 0.495. The zero-order chi connectivity index (χ0) is 20.9. The first-order valence-corrected chi connectivity index (χ1v) is 12.1. The molecule has 8 heteroatoms. The Hall–Kier alpha value is -2.32. The second-order valence-electron chi connectivity index (χ2n) is 7.30. The summed E-state index contributed by atoms with van der Waals surface area (Å²) in [5, 5.41) is 3.75. The molecule has 0 atom stereocenters. The molecule has 2 heterocycles. The fourth-order valence-corrected chi connectivity index (χ4v) is 5.76. The first-order chi connectivity index (χ1) is 14.6. The van der Waals surface area contributed by atoms with Crippen molar-refractivity contribution in [3.8, 4) is 5.75 Å². The molecule has 0 saturated heterocycles. The van der Waals surface area contributed by atoms with Crippen molar-refractivity contribution in [2.45, 2.75) is 37.9 Å². The number of rotatable bonds is 9. The summed E-state index contributed by atoms with van der Waals surface area (Å²) in [5.74, 6) is 2.86. The van der Waals surface area contributed by atoms with Crippen LogP contribution >= 0.6 is 23.1 Å². The molecule has 4 rings (SSSR count). The highest BCUT2D eigenvalue weighted by atomic mass is 32.2. The number of H-pyrrole nitrogens is 1. The maximum atomic E-state index is 12.5. The zero-order valence-electron chi connectivity index (χ0n) is 17.0. The van der Waals surface area contributed by atoms with E-state index in [9.17, 15) is 9.59 Å². The molecule has 1 aliphatic carbocycles. The Labute approximate surface area is 183 Å². The number of thioether (sulfide) groups is 1. The minimum absolute atomic E-state index is 0.0220. The van der Waals surface area contributed by atoms with Crippen molar-refractivity contribution in [2.75, 3.05) is 19.4 Å². The highest BCUT2D eigenvalue weighted by Crippen LogP contribution is 2.34. The van der Waals surface area contributed by atoms with Crippen LogP contribution < -0.4 is 15.6 Å². The van der Waals surface area contributed by atoms with Crippen molar-refractivity contribution in [1.29, 1.82) is 0 Å². The maximum Gasteiger partial charge on any atom is 0.259 e. The smallest absolute Gasteiger partial charge is 0.259 e. The van der Waals surface area contributed by atoms with Crippen molar-refractivity contribution in [2.24, 2.45) is 0 Å². The van der Waals surface area contributed by atoms with Crippen LogP contribution in [-0.4, -0.2) is 35.3 Å². The number of nitrogens with zero attached hydrogens (tertiary/aromatic N) is 1. The Kier molecular flexibility index (Phi) is 6.74. The van der Waals surface area contributed by atoms with E-state index in [1.54, 1.807) is 30.2 Å². The number of hydrogen-bond acceptors (Lipinski definition) is 6. The van der Waals surface area contributed by atoms with E-state index >= 15 is 0 Å². The Balaban J connectivity index is 1.19. The van der Waals surface area contributed by atoms with Crippen molar-refractivity contribution in [3.05, 3.63) is 56.4 Å². The summed E-state index contributed by atoms with van der Waals surface area (Å²) in [6, 6.07) is 7.86. The van der Waals surface area contributed by atoms with Gasteiger partial charge < -0.3 is 15.0 Å². The Morgan fingerprint density at radius 3 is 2.93 bits per heavy atom. The fourth-order valence-electron chi connectivity index (χ4n) is 3.68. The van der Waals surface area contributed by atoms with Gasteiger partial charge in [-0.1, -0.05) is 12.1 Å². The summed E-state index contributed by atoms with van der Waals surface area (Å²) in [6.07, 6.45) is 4.43. The maximum absolute atomic E-state index is 12.5. The third kappa shape index (κ3) is 4.87. The number of carbonyl (C=O) groups excluding carboxylic acids is 1. The van der Waals surface area contributed by atoms with Gasteiger partial charge in [0.15, 0.2) is 0 Å². The second-order valence-corrected chi connectivity index (χ2v) is 9.49. The van der Waals surface area contributed by atoms with Gasteiger partial charge in [0.05, 0.1) is 18.2 Å². The second kappa shape index (κ2) is 9.66. The van der Waals surface area contributed by atoms with Crippen LogP contribution in [0.15, 0.2) is 29.1 Å². The Morgan fingerprint density at radius 1 is 1.30 bits per heavy atom. The number of aromatic nitrogens is 2. The summed E-state index contributed by atoms with van der Waals surface area (Å²) in [7, 11) is 1.65. The van der Waals surface area contributed by atoms with Gasteiger partial charge in [-0.2, -0.15) is 11.8 Å². The molecule has 2 N–H and O–H groups in total. The lowest BCUT2D eigenvalue weighted by Crippen LogP contribution is -2.25. The lowest BCUT2D eigenvalue weighted by molar-refractivity contribution is -0.120. The van der Waals surface area contributed by atoms with Crippen molar-refractivity contribution in [3.63, 3.8) is 0 Å². The topological polar surface area (TPSA) is 84.1 Å². The molecule has 0 fully saturated rings. The minimum Gasteiger partial charge on any atom is -0.497 e. The molecule has 0 bridgehead atoms. The normalized spacial score (nSPS) is 12.8. The third-order valence-electron chi connectivity index (χ3n) is 5.23. The molecule has 0 aliphatic heterocycles. The molecular formula is C22H25N3O3S2. The van der Waals surface area contributed by atoms with Crippen molar-refractivity contribution in [1.82, 2.24) is 15.3 Å². The number of hydrogen-bond donors (Lipinski definition) is 2. The predicted octanol–water partition coefficient (Wildman–Crippen LogP) is 3.46. The summed E-state index contributed by atoms with van der Waals surface area (Å²) >= 11 is 3.27. The molecule has 0 unspecified atom stereocenters. The van der Waals surface area contributed by atoms with Crippen molar-refractivity contribution >= 4 is 39.2 Å². The largest absolute Gasteiger partial charge is 0.497 e. The van der Waals surface area contributed by atoms with Gasteiger partial charge in [0.2, 0.25) is 5.91 Å². The number of thiophene rings is 1. The number of methoxy groups -OCH3 is 1.